The summed E-state index contributed by atoms with van der Waals surface area (Å²) in [5.41, 5.74) is 1.66. The number of carbonyl (C=O) groups is 5. The topological polar surface area (TPSA) is 163 Å². The van der Waals surface area contributed by atoms with Crippen molar-refractivity contribution in [1.29, 1.82) is 5.26 Å². The first kappa shape index (κ1) is 31.0. The first-order valence-electron chi connectivity index (χ1n) is 13.9. The van der Waals surface area contributed by atoms with Crippen molar-refractivity contribution in [1.82, 2.24) is 10.2 Å². The van der Waals surface area contributed by atoms with E-state index < -0.39 is 59.0 Å². The van der Waals surface area contributed by atoms with Crippen molar-refractivity contribution >= 4 is 41.5 Å². The number of nitrogens with one attached hydrogen (secondary N) is 1. The van der Waals surface area contributed by atoms with E-state index in [0.29, 0.717) is 5.56 Å². The number of benzene rings is 3. The lowest BCUT2D eigenvalue weighted by molar-refractivity contribution is -0.151. The molecular weight excluding hydrogens is 598 g/mol. The Hall–Kier alpha value is -5.41. The average molecular weight is 626 g/mol. The molecule has 5 rings (SSSR count). The largest absolute Gasteiger partial charge is 0.477 e. The van der Waals surface area contributed by atoms with Crippen LogP contribution in [0.3, 0.4) is 0 Å². The molecule has 0 aromatic heterocycles. The van der Waals surface area contributed by atoms with Gasteiger partial charge in [-0.15, -0.1) is 11.8 Å². The Morgan fingerprint density at radius 1 is 0.978 bits per heavy atom. The Bertz CT molecular complexity index is 1680. The predicted molar refractivity (Wildman–Crippen MR) is 161 cm³/mol. The fourth-order valence-corrected chi connectivity index (χ4v) is 6.58. The zero-order chi connectivity index (χ0) is 32.1. The molecule has 1 unspecified atom stereocenters. The number of nitriles is 1. The van der Waals surface area contributed by atoms with Gasteiger partial charge in [-0.2, -0.15) is 5.26 Å². The maximum Gasteiger partial charge on any atom is 0.352 e. The number of β-lactam (4-membered cyclic amide) rings is 1. The molecule has 3 atom stereocenters. The van der Waals surface area contributed by atoms with Gasteiger partial charge in [0.05, 0.1) is 12.0 Å². The number of aliphatic carboxylic acids is 1. The molecule has 0 aliphatic carbocycles. The highest BCUT2D eigenvalue weighted by atomic mass is 32.2. The van der Waals surface area contributed by atoms with Crippen LogP contribution in [0.4, 0.5) is 0 Å². The van der Waals surface area contributed by atoms with Gasteiger partial charge in [0.1, 0.15) is 23.2 Å². The smallest absolute Gasteiger partial charge is 0.352 e. The minimum atomic E-state index is -1.47. The zero-order valence-electron chi connectivity index (χ0n) is 23.9. The van der Waals surface area contributed by atoms with Gasteiger partial charge in [-0.25, -0.2) is 9.59 Å². The van der Waals surface area contributed by atoms with Gasteiger partial charge in [-0.1, -0.05) is 78.9 Å². The molecule has 45 heavy (non-hydrogen) atoms. The van der Waals surface area contributed by atoms with E-state index in [0.717, 1.165) is 34.7 Å². The van der Waals surface area contributed by atoms with E-state index in [4.69, 9.17) is 9.47 Å². The molecule has 1 fully saturated rings. The Morgan fingerprint density at radius 2 is 1.58 bits per heavy atom. The monoisotopic (exact) mass is 625 g/mol. The second-order valence-corrected chi connectivity index (χ2v) is 11.3. The van der Waals surface area contributed by atoms with Crippen molar-refractivity contribution in [3.05, 3.63) is 118 Å². The van der Waals surface area contributed by atoms with Crippen LogP contribution in [0, 0.1) is 11.3 Å². The van der Waals surface area contributed by atoms with Gasteiger partial charge < -0.3 is 19.9 Å². The molecule has 3 aromatic carbocycles. The quantitative estimate of drug-likeness (QED) is 0.252. The number of carboxylic acids is 1. The van der Waals surface area contributed by atoms with E-state index >= 15 is 0 Å². The Balaban J connectivity index is 1.30. The second kappa shape index (κ2) is 13.5. The second-order valence-electron chi connectivity index (χ2n) is 10.2. The fraction of sp³-hybridized carbons (Fsp3) is 0.212. The molecule has 11 nitrogen and oxygen atoms in total. The highest BCUT2D eigenvalue weighted by Gasteiger charge is 2.55. The van der Waals surface area contributed by atoms with Crippen molar-refractivity contribution < 1.29 is 38.6 Å². The number of thioether (sulfide) groups is 1. The molecule has 2 N–H and O–H groups in total. The lowest BCUT2D eigenvalue weighted by Gasteiger charge is -2.49. The summed E-state index contributed by atoms with van der Waals surface area (Å²) in [5.74, 6) is -4.11. The third-order valence-corrected chi connectivity index (χ3v) is 8.55. The fourth-order valence-electron chi connectivity index (χ4n) is 5.21. The van der Waals surface area contributed by atoms with E-state index in [1.165, 1.54) is 0 Å². The summed E-state index contributed by atoms with van der Waals surface area (Å²) in [7, 11) is 0. The van der Waals surface area contributed by atoms with Crippen LogP contribution in [0.5, 0.6) is 0 Å². The van der Waals surface area contributed by atoms with E-state index in [2.05, 4.69) is 5.32 Å². The number of carbonyl (C=O) groups excluding carboxylic acids is 4. The summed E-state index contributed by atoms with van der Waals surface area (Å²) >= 11 is 1.14. The van der Waals surface area contributed by atoms with Crippen molar-refractivity contribution in [2.45, 2.75) is 37.0 Å². The van der Waals surface area contributed by atoms with Crippen molar-refractivity contribution in [3.63, 3.8) is 0 Å². The van der Waals surface area contributed by atoms with Gasteiger partial charge in [-0.05, 0) is 22.8 Å². The molecule has 0 radical (unpaired) electrons. The molecule has 2 heterocycles. The molecule has 12 heteroatoms. The molecule has 2 amide bonds. The molecule has 1 saturated heterocycles. The first-order valence-corrected chi connectivity index (χ1v) is 14.9. The third-order valence-electron chi connectivity index (χ3n) is 7.25. The van der Waals surface area contributed by atoms with Crippen molar-refractivity contribution in [2.75, 3.05) is 5.75 Å². The number of amides is 2. The number of hydrogen-bond acceptors (Lipinski definition) is 9. The van der Waals surface area contributed by atoms with Gasteiger partial charge in [0.25, 0.3) is 5.91 Å². The number of esters is 2. The number of fused-ring (bicyclic) bond motifs is 1. The SMILES string of the molecule is CC(=O)OC(C#N)C1=C(C(=O)O)N2C(=O)[C@@H](NC(=O)Cc3ccccc3C(=O)OC(c3ccccc3)c3ccccc3)[C@H]2SC1. The molecule has 0 spiro atoms. The molecule has 0 saturated carbocycles. The number of nitrogens with zero attached hydrogens (tertiary/aromatic N) is 2. The number of rotatable bonds is 10. The maximum atomic E-state index is 13.5. The van der Waals surface area contributed by atoms with Crippen LogP contribution in [0.15, 0.2) is 96.2 Å². The minimum absolute atomic E-state index is 0.00731. The van der Waals surface area contributed by atoms with Gasteiger partial charge in [-0.3, -0.25) is 19.3 Å². The van der Waals surface area contributed by atoms with Crippen LogP contribution in [0.1, 0.15) is 40.1 Å². The van der Waals surface area contributed by atoms with E-state index in [1.807, 2.05) is 60.7 Å². The van der Waals surface area contributed by atoms with Crippen molar-refractivity contribution in [2.24, 2.45) is 0 Å². The summed E-state index contributed by atoms with van der Waals surface area (Å²) in [6.45, 7) is 1.09. The Labute approximate surface area is 262 Å². The van der Waals surface area contributed by atoms with Crippen LogP contribution < -0.4 is 5.32 Å². The molecular formula is C33H27N3O8S. The molecule has 3 aromatic rings. The molecule has 2 aliphatic heterocycles. The van der Waals surface area contributed by atoms with E-state index in [1.54, 1.807) is 30.3 Å². The normalized spacial score (nSPS) is 17.8. The lowest BCUT2D eigenvalue weighted by atomic mass is 9.99. The first-order chi connectivity index (χ1) is 21.7. The standard InChI is InChI=1S/C33H27N3O8S/c1-19(37)43-25(17-34)24-18-45-31-27(30(39)36(31)28(24)32(40)41)35-26(38)16-22-14-8-9-15-23(22)33(42)44-29(20-10-4-2-5-11-20)21-12-6-3-7-13-21/h2-15,25,27,29,31H,16,18H2,1H3,(H,35,38)(H,40,41)/t25?,27-,31-/m1/s1. The Morgan fingerprint density at radius 3 is 2.16 bits per heavy atom. The highest BCUT2D eigenvalue weighted by molar-refractivity contribution is 8.00. The minimum Gasteiger partial charge on any atom is -0.477 e. The maximum absolute atomic E-state index is 13.5. The van der Waals surface area contributed by atoms with Gasteiger partial charge in [0.15, 0.2) is 6.10 Å². The van der Waals surface area contributed by atoms with Crippen LogP contribution in [-0.2, 0) is 35.1 Å². The van der Waals surface area contributed by atoms with Gasteiger partial charge >= 0.3 is 17.9 Å². The van der Waals surface area contributed by atoms with E-state index in [-0.39, 0.29) is 23.3 Å². The van der Waals surface area contributed by atoms with Crippen LogP contribution in [0.25, 0.3) is 0 Å². The predicted octanol–water partition coefficient (Wildman–Crippen LogP) is 3.37. The Kier molecular flexibility index (Phi) is 9.30. The van der Waals surface area contributed by atoms with E-state index in [9.17, 15) is 34.3 Å². The molecule has 2 aliphatic rings. The van der Waals surface area contributed by atoms with Crippen LogP contribution in [-0.4, -0.2) is 63.0 Å². The van der Waals surface area contributed by atoms with Crippen molar-refractivity contribution in [3.8, 4) is 6.07 Å². The van der Waals surface area contributed by atoms with Crippen LogP contribution >= 0.6 is 11.8 Å². The summed E-state index contributed by atoms with van der Waals surface area (Å²) in [4.78, 5) is 64.2. The third kappa shape index (κ3) is 6.58. The average Bonchev–Trinajstić information content (AvgIpc) is 3.05. The number of hydrogen-bond donors (Lipinski definition) is 2. The summed E-state index contributed by atoms with van der Waals surface area (Å²) in [6.07, 6.45) is -2.40. The zero-order valence-corrected chi connectivity index (χ0v) is 24.7. The van der Waals surface area contributed by atoms with Gasteiger partial charge in [0.2, 0.25) is 12.0 Å². The number of ether oxygens (including phenoxy) is 2. The summed E-state index contributed by atoms with van der Waals surface area (Å²) in [6, 6.07) is 25.8. The summed E-state index contributed by atoms with van der Waals surface area (Å²) < 4.78 is 10.9. The molecule has 228 valence electrons. The summed E-state index contributed by atoms with van der Waals surface area (Å²) in [5, 5.41) is 21.2. The highest BCUT2D eigenvalue weighted by Crippen LogP contribution is 2.41. The van der Waals surface area contributed by atoms with Crippen LogP contribution in [0.2, 0.25) is 0 Å². The number of carboxylic acid groups (broad SMARTS) is 1. The molecule has 0 bridgehead atoms. The van der Waals surface area contributed by atoms with Gasteiger partial charge in [0, 0.05) is 18.2 Å². The lowest BCUT2D eigenvalue weighted by Crippen LogP contribution is -2.71.